The van der Waals surface area contributed by atoms with E-state index >= 15 is 0 Å². The van der Waals surface area contributed by atoms with Crippen molar-refractivity contribution in [3.8, 4) is 11.3 Å². The first-order chi connectivity index (χ1) is 12.5. The summed E-state index contributed by atoms with van der Waals surface area (Å²) in [5.41, 5.74) is 3.11. The van der Waals surface area contributed by atoms with Gasteiger partial charge in [0.2, 0.25) is 9.84 Å². The van der Waals surface area contributed by atoms with Crippen LogP contribution in [0.3, 0.4) is 0 Å². The summed E-state index contributed by atoms with van der Waals surface area (Å²) < 4.78 is 23.9. The monoisotopic (exact) mass is 362 g/mol. The van der Waals surface area contributed by atoms with Crippen molar-refractivity contribution < 1.29 is 13.2 Å². The Bertz CT molecular complexity index is 1140. The molecule has 3 aromatic rings. The van der Waals surface area contributed by atoms with E-state index in [1.54, 1.807) is 36.5 Å². The van der Waals surface area contributed by atoms with E-state index in [1.807, 2.05) is 30.3 Å². The average molecular weight is 362 g/mol. The summed E-state index contributed by atoms with van der Waals surface area (Å²) in [5.74, 6) is -0.326. The van der Waals surface area contributed by atoms with Crippen molar-refractivity contribution in [2.45, 2.75) is 4.90 Å². The number of rotatable bonds is 3. The zero-order chi connectivity index (χ0) is 18.1. The quantitative estimate of drug-likeness (QED) is 0.770. The minimum Gasteiger partial charge on any atom is -0.322 e. The number of pyridine rings is 1. The van der Waals surface area contributed by atoms with Gasteiger partial charge in [0.15, 0.2) is 0 Å². The third-order valence-electron chi connectivity index (χ3n) is 4.10. The zero-order valence-corrected chi connectivity index (χ0v) is 14.4. The second-order valence-corrected chi connectivity index (χ2v) is 7.65. The Hall–Kier alpha value is -3.25. The highest BCUT2D eigenvalue weighted by Gasteiger charge is 2.21. The van der Waals surface area contributed by atoms with Gasteiger partial charge in [-0.3, -0.25) is 9.78 Å². The van der Waals surface area contributed by atoms with E-state index in [4.69, 9.17) is 0 Å². The fourth-order valence-electron chi connectivity index (χ4n) is 2.77. The van der Waals surface area contributed by atoms with E-state index in [-0.39, 0.29) is 10.8 Å². The number of anilines is 1. The predicted octanol–water partition coefficient (Wildman–Crippen LogP) is 3.76. The van der Waals surface area contributed by atoms with Crippen molar-refractivity contribution >= 4 is 27.5 Å². The maximum atomic E-state index is 12.6. The Kier molecular flexibility index (Phi) is 3.89. The number of carbonyl (C=O) groups is 1. The van der Waals surface area contributed by atoms with Crippen molar-refractivity contribution in [2.75, 3.05) is 5.32 Å². The summed E-state index contributed by atoms with van der Waals surface area (Å²) >= 11 is 0. The molecule has 1 aromatic heterocycles. The Balaban J connectivity index is 1.60. The van der Waals surface area contributed by atoms with Gasteiger partial charge in [0.1, 0.15) is 0 Å². The van der Waals surface area contributed by atoms with Crippen LogP contribution >= 0.6 is 0 Å². The third-order valence-corrected chi connectivity index (χ3v) is 5.56. The Morgan fingerprint density at radius 3 is 2.58 bits per heavy atom. The molecule has 128 valence electrons. The first-order valence-electron chi connectivity index (χ1n) is 7.93. The Labute approximate surface area is 151 Å². The molecule has 0 unspecified atom stereocenters. The minimum absolute atomic E-state index is 0.204. The number of benzene rings is 2. The molecule has 0 spiro atoms. The van der Waals surface area contributed by atoms with Crippen LogP contribution in [0.2, 0.25) is 0 Å². The van der Waals surface area contributed by atoms with Crippen LogP contribution in [0.15, 0.2) is 77.2 Å². The largest absolute Gasteiger partial charge is 0.322 e. The number of hydrogen-bond acceptors (Lipinski definition) is 4. The second-order valence-electron chi connectivity index (χ2n) is 5.85. The van der Waals surface area contributed by atoms with Crippen molar-refractivity contribution in [1.82, 2.24) is 4.98 Å². The fraction of sp³-hybridized carbons (Fsp3) is 0. The molecule has 1 aliphatic rings. The lowest BCUT2D eigenvalue weighted by atomic mass is 10.1. The SMILES string of the molecule is O=C(Nc1ccc2c(c1)S(=O)(=O)C=C2)c1ccnc(-c2ccccc2)c1. The molecular formula is C20H14N2O3S. The Morgan fingerprint density at radius 2 is 1.77 bits per heavy atom. The van der Waals surface area contributed by atoms with Crippen LogP contribution in [0.25, 0.3) is 17.3 Å². The molecule has 0 saturated heterocycles. The van der Waals surface area contributed by atoms with Crippen molar-refractivity contribution in [3.63, 3.8) is 0 Å². The maximum absolute atomic E-state index is 12.6. The van der Waals surface area contributed by atoms with Crippen LogP contribution < -0.4 is 5.32 Å². The van der Waals surface area contributed by atoms with Gasteiger partial charge >= 0.3 is 0 Å². The van der Waals surface area contributed by atoms with Crippen LogP contribution in [0.1, 0.15) is 15.9 Å². The molecule has 2 aromatic carbocycles. The fourth-order valence-corrected chi connectivity index (χ4v) is 4.00. The molecule has 0 atom stereocenters. The van der Waals surface area contributed by atoms with Gasteiger partial charge in [-0.15, -0.1) is 0 Å². The van der Waals surface area contributed by atoms with E-state index in [0.29, 0.717) is 22.5 Å². The summed E-state index contributed by atoms with van der Waals surface area (Å²) in [6.45, 7) is 0. The van der Waals surface area contributed by atoms with Crippen LogP contribution in [-0.2, 0) is 9.84 Å². The van der Waals surface area contributed by atoms with Crippen LogP contribution in [-0.4, -0.2) is 19.3 Å². The summed E-state index contributed by atoms with van der Waals surface area (Å²) in [4.78, 5) is 17.1. The number of hydrogen-bond donors (Lipinski definition) is 1. The summed E-state index contributed by atoms with van der Waals surface area (Å²) in [6.07, 6.45) is 3.12. The van der Waals surface area contributed by atoms with Crippen molar-refractivity contribution in [2.24, 2.45) is 0 Å². The van der Waals surface area contributed by atoms with Gasteiger partial charge in [-0.25, -0.2) is 8.42 Å². The van der Waals surface area contributed by atoms with Gasteiger partial charge < -0.3 is 5.32 Å². The highest BCUT2D eigenvalue weighted by molar-refractivity contribution is 7.94. The zero-order valence-electron chi connectivity index (χ0n) is 13.6. The van der Waals surface area contributed by atoms with Crippen LogP contribution in [0, 0.1) is 0 Å². The van der Waals surface area contributed by atoms with E-state index in [9.17, 15) is 13.2 Å². The molecule has 0 radical (unpaired) electrons. The molecule has 0 bridgehead atoms. The third kappa shape index (κ3) is 3.02. The van der Waals surface area contributed by atoms with Crippen LogP contribution in [0.5, 0.6) is 0 Å². The minimum atomic E-state index is -3.41. The van der Waals surface area contributed by atoms with Gasteiger partial charge in [0.05, 0.1) is 10.6 Å². The van der Waals surface area contributed by atoms with Gasteiger partial charge in [-0.05, 0) is 35.9 Å². The summed E-state index contributed by atoms with van der Waals surface area (Å²) in [5, 5.41) is 3.91. The number of nitrogens with one attached hydrogen (secondary N) is 1. The highest BCUT2D eigenvalue weighted by Crippen LogP contribution is 2.29. The molecule has 0 fully saturated rings. The molecule has 1 aliphatic heterocycles. The van der Waals surface area contributed by atoms with Gasteiger partial charge in [-0.2, -0.15) is 0 Å². The molecule has 6 heteroatoms. The number of sulfone groups is 1. The number of aromatic nitrogens is 1. The first kappa shape index (κ1) is 16.2. The molecule has 4 rings (SSSR count). The van der Waals surface area contributed by atoms with E-state index in [0.717, 1.165) is 11.0 Å². The molecule has 26 heavy (non-hydrogen) atoms. The molecule has 0 aliphatic carbocycles. The summed E-state index contributed by atoms with van der Waals surface area (Å²) in [6, 6.07) is 17.7. The lowest BCUT2D eigenvalue weighted by Gasteiger charge is -2.08. The molecular weight excluding hydrogens is 348 g/mol. The number of fused-ring (bicyclic) bond motifs is 1. The molecule has 0 saturated carbocycles. The van der Waals surface area contributed by atoms with Crippen molar-refractivity contribution in [1.29, 1.82) is 0 Å². The van der Waals surface area contributed by atoms with Gasteiger partial charge in [0.25, 0.3) is 5.91 Å². The first-order valence-corrected chi connectivity index (χ1v) is 9.48. The summed E-state index contributed by atoms with van der Waals surface area (Å²) in [7, 11) is -3.41. The predicted molar refractivity (Wildman–Crippen MR) is 100 cm³/mol. The van der Waals surface area contributed by atoms with E-state index < -0.39 is 9.84 Å². The number of amides is 1. The van der Waals surface area contributed by atoms with Crippen molar-refractivity contribution in [3.05, 3.63) is 83.4 Å². The smallest absolute Gasteiger partial charge is 0.255 e. The second kappa shape index (κ2) is 6.24. The van der Waals surface area contributed by atoms with Gasteiger partial charge in [-0.1, -0.05) is 36.4 Å². The van der Waals surface area contributed by atoms with E-state index in [2.05, 4.69) is 10.3 Å². The Morgan fingerprint density at radius 1 is 0.962 bits per heavy atom. The molecule has 2 heterocycles. The van der Waals surface area contributed by atoms with E-state index in [1.165, 1.54) is 6.07 Å². The lowest BCUT2D eigenvalue weighted by Crippen LogP contribution is -2.12. The average Bonchev–Trinajstić information content (AvgIpc) is 2.97. The van der Waals surface area contributed by atoms with Gasteiger partial charge in [0, 0.05) is 28.4 Å². The highest BCUT2D eigenvalue weighted by atomic mass is 32.2. The number of carbonyl (C=O) groups excluding carboxylic acids is 1. The standard InChI is InChI=1S/C20H14N2O3S/c23-20(16-8-10-21-18(12-16)14-4-2-1-3-5-14)22-17-7-6-15-9-11-26(24,25)19(15)13-17/h1-13H,(H,22,23). The van der Waals surface area contributed by atoms with Crippen LogP contribution in [0.4, 0.5) is 5.69 Å². The molecule has 1 amide bonds. The lowest BCUT2D eigenvalue weighted by molar-refractivity contribution is 0.102. The normalized spacial score (nSPS) is 14.0. The molecule has 5 nitrogen and oxygen atoms in total. The topological polar surface area (TPSA) is 76.1 Å². The molecule has 1 N–H and O–H groups in total. The maximum Gasteiger partial charge on any atom is 0.255 e. The number of nitrogens with zero attached hydrogens (tertiary/aromatic N) is 1.